The minimum atomic E-state index is 1.11. The van der Waals surface area contributed by atoms with Crippen molar-refractivity contribution >= 4 is 27.7 Å². The summed E-state index contributed by atoms with van der Waals surface area (Å²) in [6, 6.07) is 0. The van der Waals surface area contributed by atoms with Crippen LogP contribution in [0.5, 0.6) is 0 Å². The molecule has 0 aromatic heterocycles. The Morgan fingerprint density at radius 2 is 2.00 bits per heavy atom. The minimum absolute atomic E-state index is 1.11. The van der Waals surface area contributed by atoms with Gasteiger partial charge in [-0.05, 0) is 37.4 Å². The molecule has 0 spiro atoms. The zero-order valence-corrected chi connectivity index (χ0v) is 9.64. The van der Waals surface area contributed by atoms with Gasteiger partial charge < -0.3 is 5.32 Å². The first-order valence-electron chi connectivity index (χ1n) is 4.26. The molecule has 0 amide bonds. The standard InChI is InChI=1S/C8H18BrNS/c1-2-11-8-4-7-10-6-3-5-9/h10H,2-8H2,1H3. The van der Waals surface area contributed by atoms with Crippen molar-refractivity contribution in [2.24, 2.45) is 0 Å². The molecule has 0 unspecified atom stereocenters. The van der Waals surface area contributed by atoms with Crippen molar-refractivity contribution in [2.75, 3.05) is 29.9 Å². The van der Waals surface area contributed by atoms with Crippen molar-refractivity contribution < 1.29 is 0 Å². The molecule has 0 fully saturated rings. The highest BCUT2D eigenvalue weighted by atomic mass is 79.9. The summed E-state index contributed by atoms with van der Waals surface area (Å²) in [5.74, 6) is 2.55. The normalized spacial score (nSPS) is 10.4. The van der Waals surface area contributed by atoms with Gasteiger partial charge in [-0.2, -0.15) is 11.8 Å². The lowest BCUT2D eigenvalue weighted by Crippen LogP contribution is -2.17. The van der Waals surface area contributed by atoms with Gasteiger partial charge in [-0.1, -0.05) is 22.9 Å². The van der Waals surface area contributed by atoms with E-state index < -0.39 is 0 Å². The van der Waals surface area contributed by atoms with E-state index in [1.807, 2.05) is 11.8 Å². The second-order valence-electron chi connectivity index (χ2n) is 2.34. The van der Waals surface area contributed by atoms with E-state index in [-0.39, 0.29) is 0 Å². The van der Waals surface area contributed by atoms with Gasteiger partial charge in [0.1, 0.15) is 0 Å². The van der Waals surface area contributed by atoms with Gasteiger partial charge in [-0.15, -0.1) is 0 Å². The zero-order chi connectivity index (χ0) is 8.36. The molecule has 3 heteroatoms. The van der Waals surface area contributed by atoms with Crippen LogP contribution in [0.3, 0.4) is 0 Å². The number of halogens is 1. The Labute approximate surface area is 82.8 Å². The van der Waals surface area contributed by atoms with Crippen molar-refractivity contribution in [2.45, 2.75) is 19.8 Å². The lowest BCUT2D eigenvalue weighted by atomic mass is 10.4. The molecule has 0 bridgehead atoms. The maximum absolute atomic E-state index is 3.40. The summed E-state index contributed by atoms with van der Waals surface area (Å²) in [6.45, 7) is 4.55. The average Bonchev–Trinajstić information content (AvgIpc) is 2.03. The van der Waals surface area contributed by atoms with Crippen LogP contribution in [0.4, 0.5) is 0 Å². The molecule has 0 aromatic carbocycles. The highest BCUT2D eigenvalue weighted by molar-refractivity contribution is 9.09. The van der Waals surface area contributed by atoms with Crippen LogP contribution in [0.1, 0.15) is 19.8 Å². The van der Waals surface area contributed by atoms with Crippen LogP contribution in [0, 0.1) is 0 Å². The van der Waals surface area contributed by atoms with Gasteiger partial charge in [-0.25, -0.2) is 0 Å². The predicted molar refractivity (Wildman–Crippen MR) is 58.9 cm³/mol. The number of alkyl halides is 1. The largest absolute Gasteiger partial charge is 0.317 e. The van der Waals surface area contributed by atoms with Gasteiger partial charge in [0.15, 0.2) is 0 Å². The molecule has 0 aliphatic heterocycles. The fourth-order valence-corrected chi connectivity index (χ4v) is 1.68. The van der Waals surface area contributed by atoms with E-state index in [2.05, 4.69) is 28.2 Å². The van der Waals surface area contributed by atoms with Crippen molar-refractivity contribution in [3.05, 3.63) is 0 Å². The molecule has 0 aromatic rings. The first-order chi connectivity index (χ1) is 5.41. The summed E-state index contributed by atoms with van der Waals surface area (Å²) in [5.41, 5.74) is 0. The Hall–Kier alpha value is 0.790. The highest BCUT2D eigenvalue weighted by Gasteiger charge is 1.87. The van der Waals surface area contributed by atoms with Crippen LogP contribution < -0.4 is 5.32 Å². The molecule has 1 N–H and O–H groups in total. The predicted octanol–water partition coefficient (Wildman–Crippen LogP) is 2.50. The molecule has 0 saturated carbocycles. The summed E-state index contributed by atoms with van der Waals surface area (Å²) < 4.78 is 0. The quantitative estimate of drug-likeness (QED) is 0.517. The molecule has 0 radical (unpaired) electrons. The molecule has 0 aliphatic rings. The number of hydrogen-bond acceptors (Lipinski definition) is 2. The summed E-state index contributed by atoms with van der Waals surface area (Å²) in [7, 11) is 0. The van der Waals surface area contributed by atoms with E-state index >= 15 is 0 Å². The van der Waals surface area contributed by atoms with Gasteiger partial charge in [0.25, 0.3) is 0 Å². The summed E-state index contributed by atoms with van der Waals surface area (Å²) >= 11 is 5.42. The van der Waals surface area contributed by atoms with E-state index in [4.69, 9.17) is 0 Å². The highest BCUT2D eigenvalue weighted by Crippen LogP contribution is 1.99. The van der Waals surface area contributed by atoms with Crippen LogP contribution in [-0.2, 0) is 0 Å². The van der Waals surface area contributed by atoms with Crippen LogP contribution in [0.2, 0.25) is 0 Å². The average molecular weight is 240 g/mol. The fraction of sp³-hybridized carbons (Fsp3) is 1.00. The Kier molecular flexibility index (Phi) is 11.6. The van der Waals surface area contributed by atoms with Crippen molar-refractivity contribution in [1.29, 1.82) is 0 Å². The van der Waals surface area contributed by atoms with Crippen LogP contribution in [0.25, 0.3) is 0 Å². The van der Waals surface area contributed by atoms with Gasteiger partial charge >= 0.3 is 0 Å². The van der Waals surface area contributed by atoms with Crippen LogP contribution in [-0.4, -0.2) is 29.9 Å². The third-order valence-electron chi connectivity index (χ3n) is 1.33. The lowest BCUT2D eigenvalue weighted by molar-refractivity contribution is 0.668. The van der Waals surface area contributed by atoms with Gasteiger partial charge in [0.05, 0.1) is 0 Å². The third-order valence-corrected chi connectivity index (χ3v) is 2.88. The smallest absolute Gasteiger partial charge is 0.00433 e. The third kappa shape index (κ3) is 10.8. The summed E-state index contributed by atoms with van der Waals surface area (Å²) in [4.78, 5) is 0. The molecular formula is C8H18BrNS. The Bertz CT molecular complexity index is 63.1. The summed E-state index contributed by atoms with van der Waals surface area (Å²) in [6.07, 6.45) is 2.54. The second-order valence-corrected chi connectivity index (χ2v) is 4.53. The molecule has 0 heterocycles. The van der Waals surface area contributed by atoms with Crippen LogP contribution >= 0.6 is 27.7 Å². The van der Waals surface area contributed by atoms with E-state index in [1.165, 1.54) is 30.9 Å². The molecular weight excluding hydrogens is 222 g/mol. The van der Waals surface area contributed by atoms with E-state index in [0.29, 0.717) is 0 Å². The van der Waals surface area contributed by atoms with E-state index in [1.54, 1.807) is 0 Å². The second kappa shape index (κ2) is 10.8. The first-order valence-corrected chi connectivity index (χ1v) is 6.53. The van der Waals surface area contributed by atoms with Crippen LogP contribution in [0.15, 0.2) is 0 Å². The van der Waals surface area contributed by atoms with Crippen molar-refractivity contribution in [1.82, 2.24) is 5.32 Å². The SMILES string of the molecule is CCSCCCNCCCBr. The minimum Gasteiger partial charge on any atom is -0.317 e. The molecule has 11 heavy (non-hydrogen) atoms. The van der Waals surface area contributed by atoms with Gasteiger partial charge in [0.2, 0.25) is 0 Å². The van der Waals surface area contributed by atoms with Crippen molar-refractivity contribution in [3.63, 3.8) is 0 Å². The van der Waals surface area contributed by atoms with E-state index in [0.717, 1.165) is 11.9 Å². The topological polar surface area (TPSA) is 12.0 Å². The maximum Gasteiger partial charge on any atom is 0.00433 e. The Morgan fingerprint density at radius 1 is 1.27 bits per heavy atom. The first kappa shape index (κ1) is 11.8. The fourth-order valence-electron chi connectivity index (χ4n) is 0.760. The molecule has 0 saturated heterocycles. The van der Waals surface area contributed by atoms with Crippen molar-refractivity contribution in [3.8, 4) is 0 Å². The number of hydrogen-bond donors (Lipinski definition) is 1. The number of nitrogens with one attached hydrogen (secondary N) is 1. The van der Waals surface area contributed by atoms with E-state index in [9.17, 15) is 0 Å². The lowest BCUT2D eigenvalue weighted by Gasteiger charge is -2.01. The number of rotatable bonds is 8. The zero-order valence-electron chi connectivity index (χ0n) is 7.24. The molecule has 1 nitrogen and oxygen atoms in total. The molecule has 0 atom stereocenters. The summed E-state index contributed by atoms with van der Waals surface area (Å²) in [5, 5.41) is 4.52. The Balaban J connectivity index is 2.69. The molecule has 0 aliphatic carbocycles. The van der Waals surface area contributed by atoms with Gasteiger partial charge in [0, 0.05) is 5.33 Å². The monoisotopic (exact) mass is 239 g/mol. The van der Waals surface area contributed by atoms with Gasteiger partial charge in [-0.3, -0.25) is 0 Å². The number of thioether (sulfide) groups is 1. The Morgan fingerprint density at radius 3 is 2.64 bits per heavy atom. The molecule has 68 valence electrons. The maximum atomic E-state index is 3.40. The molecule has 0 rings (SSSR count).